The third-order valence-corrected chi connectivity index (χ3v) is 5.62. The number of likely N-dealkylation sites (N-methyl/N-ethyl adjacent to an activating group) is 1. The Balaban J connectivity index is 1.50. The second kappa shape index (κ2) is 9.38. The van der Waals surface area contributed by atoms with Crippen LogP contribution >= 0.6 is 11.3 Å². The van der Waals surface area contributed by atoms with Crippen molar-refractivity contribution >= 4 is 33.4 Å². The summed E-state index contributed by atoms with van der Waals surface area (Å²) in [6.07, 6.45) is 0. The molecule has 0 bridgehead atoms. The summed E-state index contributed by atoms with van der Waals surface area (Å²) in [5.74, 6) is -0.00619. The van der Waals surface area contributed by atoms with Crippen LogP contribution in [-0.2, 0) is 14.3 Å². The Hall–Kier alpha value is -3.13. The van der Waals surface area contributed by atoms with Crippen LogP contribution < -0.4 is 9.47 Å². The smallest absolute Gasteiger partial charge is 0.344 e. The highest BCUT2D eigenvalue weighted by atomic mass is 32.1. The van der Waals surface area contributed by atoms with Crippen LogP contribution in [0.25, 0.3) is 10.2 Å². The van der Waals surface area contributed by atoms with Crippen LogP contribution in [0.15, 0.2) is 48.5 Å². The molecule has 3 rings (SSSR count). The number of rotatable bonds is 8. The molecule has 0 unspecified atom stereocenters. The molecule has 1 aromatic heterocycles. The third-order valence-electron chi connectivity index (χ3n) is 4.41. The van der Waals surface area contributed by atoms with Gasteiger partial charge >= 0.3 is 5.97 Å². The number of aromatic nitrogens is 1. The molecule has 29 heavy (non-hydrogen) atoms. The predicted octanol–water partition coefficient (Wildman–Crippen LogP) is 3.45. The number of benzene rings is 2. The average Bonchev–Trinajstić information content (AvgIpc) is 3.19. The molecule has 0 saturated carbocycles. The summed E-state index contributed by atoms with van der Waals surface area (Å²) in [6, 6.07) is 14.6. The summed E-state index contributed by atoms with van der Waals surface area (Å²) in [6.45, 7) is 1.22. The minimum atomic E-state index is -0.634. The number of esters is 1. The van der Waals surface area contributed by atoms with Gasteiger partial charge in [0.25, 0.3) is 5.91 Å². The van der Waals surface area contributed by atoms with Crippen LogP contribution in [0.4, 0.5) is 0 Å². The van der Waals surface area contributed by atoms with E-state index in [1.54, 1.807) is 42.6 Å². The van der Waals surface area contributed by atoms with Gasteiger partial charge in [-0.25, -0.2) is 9.78 Å². The molecule has 0 aliphatic carbocycles. The molecule has 7 nitrogen and oxygen atoms in total. The monoisotopic (exact) mass is 414 g/mol. The minimum Gasteiger partial charge on any atom is -0.493 e. The first-order valence-corrected chi connectivity index (χ1v) is 9.84. The largest absolute Gasteiger partial charge is 0.493 e. The Morgan fingerprint density at radius 1 is 1.07 bits per heavy atom. The predicted molar refractivity (Wildman–Crippen MR) is 110 cm³/mol. The van der Waals surface area contributed by atoms with Crippen molar-refractivity contribution in [2.75, 3.05) is 27.4 Å². The van der Waals surface area contributed by atoms with E-state index in [4.69, 9.17) is 14.2 Å². The molecular formula is C21H22N2O5S. The summed E-state index contributed by atoms with van der Waals surface area (Å²) >= 11 is 1.54. The van der Waals surface area contributed by atoms with Crippen LogP contribution in [0.3, 0.4) is 0 Å². The molecule has 0 aliphatic rings. The molecule has 2 aromatic carbocycles. The lowest BCUT2D eigenvalue weighted by Gasteiger charge is -2.23. The van der Waals surface area contributed by atoms with Crippen LogP contribution in [0.5, 0.6) is 11.5 Å². The Morgan fingerprint density at radius 3 is 2.48 bits per heavy atom. The maximum Gasteiger partial charge on any atom is 0.344 e. The molecule has 3 aromatic rings. The zero-order valence-corrected chi connectivity index (χ0v) is 17.3. The van der Waals surface area contributed by atoms with E-state index < -0.39 is 5.97 Å². The van der Waals surface area contributed by atoms with Gasteiger partial charge in [-0.3, -0.25) is 4.79 Å². The number of hydrogen-bond acceptors (Lipinski definition) is 7. The molecular weight excluding hydrogens is 392 g/mol. The number of thiazole rings is 1. The number of hydrogen-bond donors (Lipinski definition) is 0. The number of para-hydroxylation sites is 3. The van der Waals surface area contributed by atoms with Crippen molar-refractivity contribution < 1.29 is 23.8 Å². The number of ether oxygens (including phenoxy) is 3. The van der Waals surface area contributed by atoms with E-state index in [0.717, 1.165) is 15.2 Å². The first kappa shape index (κ1) is 20.6. The molecule has 0 aliphatic heterocycles. The van der Waals surface area contributed by atoms with E-state index in [1.807, 2.05) is 31.2 Å². The SMILES string of the molecule is COc1ccccc1OCC(=O)OCC(=O)N(C)[C@H](C)c1nc2ccccc2s1. The molecule has 0 radical (unpaired) electrons. The topological polar surface area (TPSA) is 78.0 Å². The molecule has 0 N–H and O–H groups in total. The third kappa shape index (κ3) is 5.03. The van der Waals surface area contributed by atoms with E-state index in [1.165, 1.54) is 12.0 Å². The van der Waals surface area contributed by atoms with E-state index in [2.05, 4.69) is 4.98 Å². The van der Waals surface area contributed by atoms with Crippen molar-refractivity contribution in [3.8, 4) is 11.5 Å². The Bertz CT molecular complexity index is 970. The minimum absolute atomic E-state index is 0.233. The van der Waals surface area contributed by atoms with Gasteiger partial charge in [-0.05, 0) is 31.2 Å². The zero-order chi connectivity index (χ0) is 20.8. The van der Waals surface area contributed by atoms with Crippen molar-refractivity contribution in [3.05, 3.63) is 53.5 Å². The lowest BCUT2D eigenvalue weighted by molar-refractivity contribution is -0.153. The molecule has 1 atom stereocenters. The highest BCUT2D eigenvalue weighted by Gasteiger charge is 2.22. The van der Waals surface area contributed by atoms with Crippen LogP contribution in [-0.4, -0.2) is 49.1 Å². The van der Waals surface area contributed by atoms with E-state index >= 15 is 0 Å². The fourth-order valence-corrected chi connectivity index (χ4v) is 3.67. The van der Waals surface area contributed by atoms with E-state index in [9.17, 15) is 9.59 Å². The van der Waals surface area contributed by atoms with Crippen molar-refractivity contribution in [1.82, 2.24) is 9.88 Å². The molecule has 0 fully saturated rings. The number of methoxy groups -OCH3 is 1. The number of nitrogens with zero attached hydrogens (tertiary/aromatic N) is 2. The van der Waals surface area contributed by atoms with Gasteiger partial charge in [-0.15, -0.1) is 11.3 Å². The van der Waals surface area contributed by atoms with Gasteiger partial charge in [0, 0.05) is 7.05 Å². The maximum absolute atomic E-state index is 12.4. The second-order valence-electron chi connectivity index (χ2n) is 6.30. The maximum atomic E-state index is 12.4. The summed E-state index contributed by atoms with van der Waals surface area (Å²) in [4.78, 5) is 30.4. The van der Waals surface area contributed by atoms with E-state index in [-0.39, 0.29) is 25.2 Å². The summed E-state index contributed by atoms with van der Waals surface area (Å²) in [5, 5.41) is 0.827. The molecule has 0 saturated heterocycles. The van der Waals surface area contributed by atoms with Gasteiger partial charge in [0.05, 0.1) is 23.4 Å². The van der Waals surface area contributed by atoms with Gasteiger partial charge < -0.3 is 19.1 Å². The van der Waals surface area contributed by atoms with Gasteiger partial charge in [0.1, 0.15) is 5.01 Å². The number of carbonyl (C=O) groups is 2. The Labute approximate surface area is 172 Å². The quantitative estimate of drug-likeness (QED) is 0.526. The Morgan fingerprint density at radius 2 is 1.76 bits per heavy atom. The fourth-order valence-electron chi connectivity index (χ4n) is 2.61. The van der Waals surface area contributed by atoms with Crippen LogP contribution in [0.1, 0.15) is 18.0 Å². The first-order chi connectivity index (χ1) is 14.0. The number of fused-ring (bicyclic) bond motifs is 1. The van der Waals surface area contributed by atoms with Crippen molar-refractivity contribution in [2.45, 2.75) is 13.0 Å². The van der Waals surface area contributed by atoms with Crippen molar-refractivity contribution in [1.29, 1.82) is 0 Å². The lowest BCUT2D eigenvalue weighted by Crippen LogP contribution is -2.34. The summed E-state index contributed by atoms with van der Waals surface area (Å²) < 4.78 is 16.7. The highest BCUT2D eigenvalue weighted by molar-refractivity contribution is 7.18. The highest BCUT2D eigenvalue weighted by Crippen LogP contribution is 2.29. The number of amides is 1. The Kier molecular flexibility index (Phi) is 6.66. The standard InChI is InChI=1S/C21H22N2O5S/c1-14(21-22-15-8-4-7-11-18(15)29-21)23(2)19(24)12-28-20(25)13-27-17-10-6-5-9-16(17)26-3/h4-11,14H,12-13H2,1-3H3/t14-/m1/s1. The normalized spacial score (nSPS) is 11.7. The van der Waals surface area contributed by atoms with Crippen molar-refractivity contribution in [3.63, 3.8) is 0 Å². The molecule has 1 amide bonds. The van der Waals surface area contributed by atoms with Gasteiger partial charge in [-0.1, -0.05) is 24.3 Å². The summed E-state index contributed by atoms with van der Waals surface area (Å²) in [5.41, 5.74) is 0.903. The van der Waals surface area contributed by atoms with Gasteiger partial charge in [-0.2, -0.15) is 0 Å². The lowest BCUT2D eigenvalue weighted by atomic mass is 10.3. The van der Waals surface area contributed by atoms with Crippen molar-refractivity contribution in [2.24, 2.45) is 0 Å². The fraction of sp³-hybridized carbons (Fsp3) is 0.286. The average molecular weight is 414 g/mol. The van der Waals surface area contributed by atoms with Gasteiger partial charge in [0.2, 0.25) is 0 Å². The van der Waals surface area contributed by atoms with Gasteiger partial charge in [0.15, 0.2) is 24.7 Å². The second-order valence-corrected chi connectivity index (χ2v) is 7.36. The van der Waals surface area contributed by atoms with E-state index in [0.29, 0.717) is 11.5 Å². The first-order valence-electron chi connectivity index (χ1n) is 9.02. The zero-order valence-electron chi connectivity index (χ0n) is 16.5. The molecule has 8 heteroatoms. The van der Waals surface area contributed by atoms with Crippen LogP contribution in [0.2, 0.25) is 0 Å². The van der Waals surface area contributed by atoms with Crippen LogP contribution in [0, 0.1) is 0 Å². The summed E-state index contributed by atoms with van der Waals surface area (Å²) in [7, 11) is 3.18. The molecule has 152 valence electrons. The molecule has 1 heterocycles. The number of carbonyl (C=O) groups excluding carboxylic acids is 2. The molecule has 0 spiro atoms.